The fourth-order valence-electron chi connectivity index (χ4n) is 0.577. The van der Waals surface area contributed by atoms with Crippen molar-refractivity contribution in [1.82, 2.24) is 5.32 Å². The fraction of sp³-hybridized carbons (Fsp3) is 0.750. The van der Waals surface area contributed by atoms with Gasteiger partial charge in [0.2, 0.25) is 5.91 Å². The van der Waals surface area contributed by atoms with Gasteiger partial charge in [-0.15, -0.1) is 0 Å². The molecule has 1 aliphatic rings. The third-order valence-corrected chi connectivity index (χ3v) is 1.27. The molecule has 3 heteroatoms. The maximum Gasteiger partial charge on any atom is 0.221 e. The Hall–Kier alpha value is -0.240. The number of hydrogen-bond acceptors (Lipinski definition) is 1. The van der Waals surface area contributed by atoms with E-state index < -0.39 is 0 Å². The largest absolute Gasteiger partial charge is 0.340 e. The third kappa shape index (κ3) is 1.06. The van der Waals surface area contributed by atoms with Crippen LogP contribution in [0.3, 0.4) is 0 Å². The molecule has 0 aliphatic carbocycles. The van der Waals surface area contributed by atoms with E-state index in [-0.39, 0.29) is 11.4 Å². The lowest BCUT2D eigenvalue weighted by Crippen LogP contribution is -2.19. The first kappa shape index (κ1) is 4.91. The fourth-order valence-corrected chi connectivity index (χ4v) is 0.808. The Kier molecular flexibility index (Phi) is 1.19. The molecule has 0 spiro atoms. The zero-order valence-electron chi connectivity index (χ0n) is 3.78. The lowest BCUT2D eigenvalue weighted by atomic mass is 10.4. The maximum atomic E-state index is 10.3. The number of halogens is 1. The highest BCUT2D eigenvalue weighted by Crippen LogP contribution is 2.08. The molecule has 1 rings (SSSR count). The second-order valence-corrected chi connectivity index (χ2v) is 2.10. The van der Waals surface area contributed by atoms with E-state index in [1.54, 1.807) is 0 Å². The Morgan fingerprint density at radius 3 is 2.71 bits per heavy atom. The summed E-state index contributed by atoms with van der Waals surface area (Å²) >= 11 is 5.48. The van der Waals surface area contributed by atoms with Gasteiger partial charge < -0.3 is 5.32 Å². The molecule has 40 valence electrons. The number of alkyl halides is 1. The Bertz CT molecular complexity index is 93.7. The van der Waals surface area contributed by atoms with Crippen LogP contribution in [0.15, 0.2) is 0 Å². The highest BCUT2D eigenvalue weighted by Gasteiger charge is 2.16. The summed E-state index contributed by atoms with van der Waals surface area (Å²) in [6, 6.07) is 0. The van der Waals surface area contributed by atoms with Crippen molar-refractivity contribution in [2.24, 2.45) is 0 Å². The van der Waals surface area contributed by atoms with Gasteiger partial charge in [0, 0.05) is 6.42 Å². The summed E-state index contributed by atoms with van der Waals surface area (Å²) in [7, 11) is 0. The van der Waals surface area contributed by atoms with E-state index in [0.717, 1.165) is 6.42 Å². The zero-order valence-corrected chi connectivity index (χ0v) is 4.53. The van der Waals surface area contributed by atoms with Crippen molar-refractivity contribution in [3.63, 3.8) is 0 Å². The molecule has 1 N–H and O–H groups in total. The molecule has 1 saturated heterocycles. The predicted octanol–water partition coefficient (Wildman–Crippen LogP) is 0.461. The van der Waals surface area contributed by atoms with Crippen LogP contribution < -0.4 is 5.32 Å². The normalized spacial score (nSPS) is 30.4. The predicted molar refractivity (Wildman–Crippen MR) is 27.0 cm³/mol. The first-order valence-corrected chi connectivity index (χ1v) is 2.66. The standard InChI is InChI=1S/C4H6ClNO/c5-3-1-2-4(7)6-3/h3H,1-2H2,(H,6,7). The molecule has 0 radical (unpaired) electrons. The van der Waals surface area contributed by atoms with Gasteiger partial charge in [0.05, 0.1) is 0 Å². The SMILES string of the molecule is O=C1CCC(Cl)N1. The van der Waals surface area contributed by atoms with Gasteiger partial charge in [-0.3, -0.25) is 4.79 Å². The Labute approximate surface area is 46.8 Å². The molecule has 0 bridgehead atoms. The van der Waals surface area contributed by atoms with Crippen LogP contribution in [0.25, 0.3) is 0 Å². The summed E-state index contributed by atoms with van der Waals surface area (Å²) in [6.07, 6.45) is 1.37. The van der Waals surface area contributed by atoms with Gasteiger partial charge in [-0.25, -0.2) is 0 Å². The molecule has 1 heterocycles. The number of amides is 1. The van der Waals surface area contributed by atoms with Gasteiger partial charge in [-0.2, -0.15) is 0 Å². The average molecular weight is 120 g/mol. The van der Waals surface area contributed by atoms with Gasteiger partial charge in [-0.05, 0) is 6.42 Å². The van der Waals surface area contributed by atoms with Crippen LogP contribution in [-0.4, -0.2) is 11.4 Å². The molecule has 0 aromatic carbocycles. The maximum absolute atomic E-state index is 10.3. The van der Waals surface area contributed by atoms with Crippen molar-refractivity contribution >= 4 is 17.5 Å². The topological polar surface area (TPSA) is 29.1 Å². The van der Waals surface area contributed by atoms with Crippen LogP contribution >= 0.6 is 11.6 Å². The van der Waals surface area contributed by atoms with E-state index in [2.05, 4.69) is 5.32 Å². The van der Waals surface area contributed by atoms with Gasteiger partial charge >= 0.3 is 0 Å². The van der Waals surface area contributed by atoms with E-state index in [1.807, 2.05) is 0 Å². The molecule has 1 atom stereocenters. The zero-order chi connectivity index (χ0) is 5.28. The smallest absolute Gasteiger partial charge is 0.221 e. The first-order valence-electron chi connectivity index (χ1n) is 2.22. The van der Waals surface area contributed by atoms with Crippen LogP contribution in [0.2, 0.25) is 0 Å². The van der Waals surface area contributed by atoms with Crippen molar-refractivity contribution in [3.8, 4) is 0 Å². The Morgan fingerprint density at radius 2 is 2.57 bits per heavy atom. The highest BCUT2D eigenvalue weighted by atomic mass is 35.5. The minimum Gasteiger partial charge on any atom is -0.340 e. The molecule has 0 aromatic heterocycles. The second-order valence-electron chi connectivity index (χ2n) is 1.57. The van der Waals surface area contributed by atoms with Gasteiger partial charge in [0.25, 0.3) is 0 Å². The van der Waals surface area contributed by atoms with Crippen LogP contribution in [0.5, 0.6) is 0 Å². The highest BCUT2D eigenvalue weighted by molar-refractivity contribution is 6.22. The number of carbonyl (C=O) groups excluding carboxylic acids is 1. The van der Waals surface area contributed by atoms with Crippen molar-refractivity contribution in [3.05, 3.63) is 0 Å². The number of carbonyl (C=O) groups is 1. The molecule has 1 unspecified atom stereocenters. The van der Waals surface area contributed by atoms with Crippen molar-refractivity contribution < 1.29 is 4.79 Å². The minimum absolute atomic E-state index is 0.0694. The van der Waals surface area contributed by atoms with E-state index in [0.29, 0.717) is 6.42 Å². The van der Waals surface area contributed by atoms with Crippen LogP contribution in [0, 0.1) is 0 Å². The summed E-state index contributed by atoms with van der Waals surface area (Å²) < 4.78 is 0. The van der Waals surface area contributed by atoms with Crippen LogP contribution in [-0.2, 0) is 4.79 Å². The van der Waals surface area contributed by atoms with Gasteiger partial charge in [0.1, 0.15) is 5.50 Å². The van der Waals surface area contributed by atoms with Crippen LogP contribution in [0.1, 0.15) is 12.8 Å². The molecular formula is C4H6ClNO. The van der Waals surface area contributed by atoms with Crippen LogP contribution in [0.4, 0.5) is 0 Å². The lowest BCUT2D eigenvalue weighted by molar-refractivity contribution is -0.119. The summed E-state index contributed by atoms with van der Waals surface area (Å²) in [5, 5.41) is 2.54. The molecule has 1 aliphatic heterocycles. The second kappa shape index (κ2) is 1.70. The van der Waals surface area contributed by atoms with E-state index in [4.69, 9.17) is 11.6 Å². The van der Waals surface area contributed by atoms with Crippen molar-refractivity contribution in [2.45, 2.75) is 18.3 Å². The summed E-state index contributed by atoms with van der Waals surface area (Å²) in [5.74, 6) is 0.0694. The quantitative estimate of drug-likeness (QED) is 0.364. The van der Waals surface area contributed by atoms with Crippen molar-refractivity contribution in [1.29, 1.82) is 0 Å². The molecule has 1 fully saturated rings. The van der Waals surface area contributed by atoms with E-state index in [9.17, 15) is 4.79 Å². The minimum atomic E-state index is -0.104. The van der Waals surface area contributed by atoms with E-state index >= 15 is 0 Å². The molecule has 0 saturated carbocycles. The van der Waals surface area contributed by atoms with E-state index in [1.165, 1.54) is 0 Å². The van der Waals surface area contributed by atoms with Gasteiger partial charge in [0.15, 0.2) is 0 Å². The monoisotopic (exact) mass is 119 g/mol. The van der Waals surface area contributed by atoms with Crippen molar-refractivity contribution in [2.75, 3.05) is 0 Å². The Morgan fingerprint density at radius 1 is 1.86 bits per heavy atom. The third-order valence-electron chi connectivity index (χ3n) is 0.942. The summed E-state index contributed by atoms with van der Waals surface area (Å²) in [4.78, 5) is 10.3. The Balaban J connectivity index is 2.40. The molecule has 0 aromatic rings. The molecule has 7 heavy (non-hydrogen) atoms. The number of rotatable bonds is 0. The number of nitrogens with one attached hydrogen (secondary N) is 1. The summed E-state index contributed by atoms with van der Waals surface area (Å²) in [6.45, 7) is 0. The molecule has 2 nitrogen and oxygen atoms in total. The van der Waals surface area contributed by atoms with Gasteiger partial charge in [-0.1, -0.05) is 11.6 Å². The number of hydrogen-bond donors (Lipinski definition) is 1. The first-order chi connectivity index (χ1) is 3.29. The molecular weight excluding hydrogens is 114 g/mol. The lowest BCUT2D eigenvalue weighted by Gasteiger charge is -1.92. The summed E-state index contributed by atoms with van der Waals surface area (Å²) in [5.41, 5.74) is -0.104. The average Bonchev–Trinajstić information content (AvgIpc) is 1.87. The molecule has 1 amide bonds.